The molecule has 0 unspecified atom stereocenters. The van der Waals surface area contributed by atoms with Crippen molar-refractivity contribution >= 4 is 21.6 Å². The second-order valence-electron chi connectivity index (χ2n) is 5.93. The Labute approximate surface area is 136 Å². The van der Waals surface area contributed by atoms with Crippen LogP contribution >= 0.6 is 11.6 Å². The van der Waals surface area contributed by atoms with Crippen molar-refractivity contribution in [3.63, 3.8) is 0 Å². The molecule has 7 heteroatoms. The summed E-state index contributed by atoms with van der Waals surface area (Å²) >= 11 is 5.91. The number of hydrogen-bond acceptors (Lipinski definition) is 4. The van der Waals surface area contributed by atoms with E-state index in [-0.39, 0.29) is 11.3 Å². The third-order valence-electron chi connectivity index (χ3n) is 4.21. The van der Waals surface area contributed by atoms with Gasteiger partial charge in [-0.25, -0.2) is 8.42 Å². The van der Waals surface area contributed by atoms with Crippen molar-refractivity contribution in [1.82, 2.24) is 5.32 Å². The highest BCUT2D eigenvalue weighted by Crippen LogP contribution is 2.33. The molecule has 122 valence electrons. The number of hydrogen-bond donors (Lipinski definition) is 1. The van der Waals surface area contributed by atoms with Gasteiger partial charge in [0.15, 0.2) is 0 Å². The van der Waals surface area contributed by atoms with Crippen LogP contribution in [0.5, 0.6) is 0 Å². The van der Waals surface area contributed by atoms with Gasteiger partial charge < -0.3 is 5.32 Å². The minimum absolute atomic E-state index is 0.0200. The summed E-state index contributed by atoms with van der Waals surface area (Å²) in [6.07, 6.45) is 5.81. The van der Waals surface area contributed by atoms with Gasteiger partial charge >= 0.3 is 0 Å². The van der Waals surface area contributed by atoms with Crippen LogP contribution in [0.25, 0.3) is 0 Å². The number of nitrogens with zero attached hydrogens (tertiary/aromatic N) is 1. The Morgan fingerprint density at radius 2 is 1.82 bits per heavy atom. The van der Waals surface area contributed by atoms with Crippen LogP contribution in [0.2, 0.25) is 5.02 Å². The summed E-state index contributed by atoms with van der Waals surface area (Å²) in [4.78, 5) is 10.1. The molecular formula is C15H21ClN2O3S. The van der Waals surface area contributed by atoms with Crippen LogP contribution < -0.4 is 5.32 Å². The lowest BCUT2D eigenvalue weighted by Gasteiger charge is -2.31. The molecule has 0 amide bonds. The zero-order valence-electron chi connectivity index (χ0n) is 12.4. The number of nitroso groups, excluding NO2 is 1. The average Bonchev–Trinajstić information content (AvgIpc) is 2.95. The fraction of sp³-hybridized carbons (Fsp3) is 0.600. The average molecular weight is 345 g/mol. The zero-order valence-corrected chi connectivity index (χ0v) is 14.0. The van der Waals surface area contributed by atoms with Gasteiger partial charge in [0.2, 0.25) is 0 Å². The molecule has 22 heavy (non-hydrogen) atoms. The standard InChI is InChI=1S/C15H21ClN2O3S/c16-14-6-4-13(5-7-14)12-15(8-1-2-9-15)17-10-3-11-22(20,21)18-19/h4-7,17H,1-3,8-12H2. The van der Waals surface area contributed by atoms with Gasteiger partial charge in [0.25, 0.3) is 10.0 Å². The van der Waals surface area contributed by atoms with Gasteiger partial charge in [-0.2, -0.15) is 0 Å². The van der Waals surface area contributed by atoms with E-state index in [0.717, 1.165) is 24.3 Å². The SMILES string of the molecule is O=NS(=O)(=O)CCCNC1(Cc2ccc(Cl)cc2)CCCC1. The van der Waals surface area contributed by atoms with Crippen molar-refractivity contribution in [3.8, 4) is 0 Å². The molecule has 1 aliphatic rings. The Hall–Kier alpha value is -0.980. The van der Waals surface area contributed by atoms with E-state index in [1.54, 1.807) is 0 Å². The van der Waals surface area contributed by atoms with Crippen molar-refractivity contribution in [2.45, 2.75) is 44.1 Å². The predicted octanol–water partition coefficient (Wildman–Crippen LogP) is 3.27. The van der Waals surface area contributed by atoms with Crippen molar-refractivity contribution in [1.29, 1.82) is 0 Å². The van der Waals surface area contributed by atoms with Gasteiger partial charge in [-0.3, -0.25) is 0 Å². The second-order valence-corrected chi connectivity index (χ2v) is 8.09. The quantitative estimate of drug-likeness (QED) is 0.580. The van der Waals surface area contributed by atoms with Crippen LogP contribution in [0.3, 0.4) is 0 Å². The summed E-state index contributed by atoms with van der Waals surface area (Å²) < 4.78 is 24.3. The van der Waals surface area contributed by atoms with Gasteiger partial charge in [-0.15, -0.1) is 4.91 Å². The van der Waals surface area contributed by atoms with E-state index < -0.39 is 10.0 Å². The summed E-state index contributed by atoms with van der Waals surface area (Å²) in [6, 6.07) is 7.85. The molecule has 1 aliphatic carbocycles. The molecule has 0 saturated heterocycles. The van der Waals surface area contributed by atoms with Gasteiger partial charge in [0.05, 0.1) is 10.3 Å². The summed E-state index contributed by atoms with van der Waals surface area (Å²) in [7, 11) is -3.78. The maximum Gasteiger partial charge on any atom is 0.288 e. The topological polar surface area (TPSA) is 75.6 Å². The zero-order chi connectivity index (χ0) is 16.1. The number of benzene rings is 1. The van der Waals surface area contributed by atoms with E-state index in [2.05, 4.69) is 9.90 Å². The van der Waals surface area contributed by atoms with E-state index in [4.69, 9.17) is 11.6 Å². The van der Waals surface area contributed by atoms with Crippen LogP contribution in [-0.2, 0) is 16.4 Å². The minimum Gasteiger partial charge on any atom is -0.311 e. The first-order valence-electron chi connectivity index (χ1n) is 7.52. The highest BCUT2D eigenvalue weighted by molar-refractivity contribution is 7.89. The summed E-state index contributed by atoms with van der Waals surface area (Å²) in [6.45, 7) is 0.572. The lowest BCUT2D eigenvalue weighted by molar-refractivity contribution is 0.330. The van der Waals surface area contributed by atoms with Crippen molar-refractivity contribution in [2.24, 2.45) is 4.58 Å². The number of rotatable bonds is 8. The molecule has 0 heterocycles. The first-order chi connectivity index (χ1) is 10.4. The first kappa shape index (κ1) is 17.4. The largest absolute Gasteiger partial charge is 0.311 e. The molecule has 0 radical (unpaired) electrons. The molecule has 1 fully saturated rings. The van der Waals surface area contributed by atoms with Crippen LogP contribution in [-0.4, -0.2) is 26.3 Å². The smallest absolute Gasteiger partial charge is 0.288 e. The highest BCUT2D eigenvalue weighted by atomic mass is 35.5. The van der Waals surface area contributed by atoms with Crippen LogP contribution in [0.15, 0.2) is 28.8 Å². The molecule has 0 aliphatic heterocycles. The Morgan fingerprint density at radius 3 is 2.41 bits per heavy atom. The van der Waals surface area contributed by atoms with Gasteiger partial charge in [-0.1, -0.05) is 36.6 Å². The Bertz CT molecular complexity index is 596. The van der Waals surface area contributed by atoms with E-state index in [1.807, 2.05) is 24.3 Å². The maximum atomic E-state index is 11.1. The minimum atomic E-state index is -3.78. The second kappa shape index (κ2) is 7.53. The molecule has 0 bridgehead atoms. The molecule has 1 saturated carbocycles. The Kier molecular flexibility index (Phi) is 5.94. The van der Waals surface area contributed by atoms with E-state index >= 15 is 0 Å². The summed E-state index contributed by atoms with van der Waals surface area (Å²) in [5.41, 5.74) is 1.24. The van der Waals surface area contributed by atoms with Gasteiger partial charge in [0.1, 0.15) is 0 Å². The predicted molar refractivity (Wildman–Crippen MR) is 88.6 cm³/mol. The number of nitrogens with one attached hydrogen (secondary N) is 1. The normalized spacial score (nSPS) is 17.5. The Morgan fingerprint density at radius 1 is 1.18 bits per heavy atom. The lowest BCUT2D eigenvalue weighted by atomic mass is 9.89. The Balaban J connectivity index is 1.91. The molecule has 5 nitrogen and oxygen atoms in total. The third kappa shape index (κ3) is 5.04. The van der Waals surface area contributed by atoms with Crippen molar-refractivity contribution in [3.05, 3.63) is 39.8 Å². The van der Waals surface area contributed by atoms with Crippen LogP contribution in [0.1, 0.15) is 37.7 Å². The third-order valence-corrected chi connectivity index (χ3v) is 5.49. The maximum absolute atomic E-state index is 11.1. The molecule has 1 aromatic carbocycles. The molecule has 0 spiro atoms. The molecule has 0 aromatic heterocycles. The van der Waals surface area contributed by atoms with Gasteiger partial charge in [0, 0.05) is 10.6 Å². The van der Waals surface area contributed by atoms with Crippen LogP contribution in [0.4, 0.5) is 0 Å². The number of halogens is 1. The fourth-order valence-corrected chi connectivity index (χ4v) is 3.82. The lowest BCUT2D eigenvalue weighted by Crippen LogP contribution is -2.45. The molecule has 2 rings (SSSR count). The molecular weight excluding hydrogens is 324 g/mol. The summed E-state index contributed by atoms with van der Waals surface area (Å²) in [5, 5.41) is 4.24. The van der Waals surface area contributed by atoms with Gasteiger partial charge in [-0.05, 0) is 49.9 Å². The van der Waals surface area contributed by atoms with Crippen molar-refractivity contribution < 1.29 is 8.42 Å². The highest BCUT2D eigenvalue weighted by Gasteiger charge is 2.33. The summed E-state index contributed by atoms with van der Waals surface area (Å²) in [5.74, 6) is -0.194. The van der Waals surface area contributed by atoms with E-state index in [0.29, 0.717) is 13.0 Å². The fourth-order valence-electron chi connectivity index (χ4n) is 3.11. The first-order valence-corrected chi connectivity index (χ1v) is 9.50. The van der Waals surface area contributed by atoms with E-state index in [9.17, 15) is 13.3 Å². The molecule has 1 aromatic rings. The van der Waals surface area contributed by atoms with Crippen LogP contribution in [0, 0.1) is 4.91 Å². The monoisotopic (exact) mass is 344 g/mol. The number of sulfonamides is 1. The molecule has 1 N–H and O–H groups in total. The van der Waals surface area contributed by atoms with E-state index in [1.165, 1.54) is 18.4 Å². The van der Waals surface area contributed by atoms with Crippen molar-refractivity contribution in [2.75, 3.05) is 12.3 Å². The molecule has 0 atom stereocenters.